The number of hydrogen-bond acceptors (Lipinski definition) is 1. The van der Waals surface area contributed by atoms with Gasteiger partial charge in [-0.2, -0.15) is 0 Å². The second-order valence-electron chi connectivity index (χ2n) is 4.01. The first kappa shape index (κ1) is 14.0. The zero-order valence-corrected chi connectivity index (χ0v) is 12.3. The monoisotopic (exact) mass is 303 g/mol. The van der Waals surface area contributed by atoms with Crippen LogP contribution in [0.15, 0.2) is 22.7 Å². The molecule has 0 N–H and O–H groups in total. The third-order valence-corrected chi connectivity index (χ3v) is 3.33. The minimum Gasteiger partial charge on any atom is -0.299 e. The molecule has 1 aromatic rings. The molecule has 0 amide bonds. The Morgan fingerprint density at radius 2 is 1.81 bits per heavy atom. The smallest absolute Gasteiger partial charge is 0.0462 e. The Bertz CT molecular complexity index is 322. The van der Waals surface area contributed by atoms with Crippen molar-refractivity contribution < 1.29 is 0 Å². The highest BCUT2D eigenvalue weighted by molar-refractivity contribution is 9.10. The lowest BCUT2D eigenvalue weighted by molar-refractivity contribution is 0.266. The largest absolute Gasteiger partial charge is 0.299 e. The second-order valence-corrected chi connectivity index (χ2v) is 5.33. The highest BCUT2D eigenvalue weighted by Gasteiger charge is 2.07. The summed E-state index contributed by atoms with van der Waals surface area (Å²) in [5.74, 6) is 0. The van der Waals surface area contributed by atoms with Crippen LogP contribution in [-0.2, 0) is 6.54 Å². The van der Waals surface area contributed by atoms with Crippen LogP contribution in [0.25, 0.3) is 0 Å². The molecule has 1 aromatic carbocycles. The Labute approximate surface area is 112 Å². The molecular weight excluding hydrogens is 286 g/mol. The van der Waals surface area contributed by atoms with Gasteiger partial charge in [-0.1, -0.05) is 47.4 Å². The summed E-state index contributed by atoms with van der Waals surface area (Å²) in [6, 6.07) is 6.12. The fraction of sp³-hybridized carbons (Fsp3) is 0.538. The van der Waals surface area contributed by atoms with Gasteiger partial charge in [0.2, 0.25) is 0 Å². The molecule has 0 spiro atoms. The van der Waals surface area contributed by atoms with Gasteiger partial charge in [0.05, 0.1) is 0 Å². The predicted molar refractivity (Wildman–Crippen MR) is 75.0 cm³/mol. The van der Waals surface area contributed by atoms with E-state index in [1.54, 1.807) is 0 Å². The summed E-state index contributed by atoms with van der Waals surface area (Å²) in [7, 11) is 0. The standard InChI is InChI=1S/C13H19BrClN/c1-3-7-16(8-4-2)10-11-5-6-12(14)9-13(11)15/h5-6,9H,3-4,7-8,10H2,1-2H3. The maximum absolute atomic E-state index is 6.22. The van der Waals surface area contributed by atoms with Crippen LogP contribution in [0.3, 0.4) is 0 Å². The van der Waals surface area contributed by atoms with Crippen molar-refractivity contribution in [2.24, 2.45) is 0 Å². The average Bonchev–Trinajstić information content (AvgIpc) is 2.23. The molecule has 0 radical (unpaired) electrons. The van der Waals surface area contributed by atoms with Gasteiger partial charge in [0, 0.05) is 16.0 Å². The van der Waals surface area contributed by atoms with E-state index >= 15 is 0 Å². The third-order valence-electron chi connectivity index (χ3n) is 2.49. The third kappa shape index (κ3) is 4.44. The first-order valence-corrected chi connectivity index (χ1v) is 7.00. The predicted octanol–water partition coefficient (Wildman–Crippen LogP) is 4.72. The summed E-state index contributed by atoms with van der Waals surface area (Å²) in [5, 5.41) is 0.853. The topological polar surface area (TPSA) is 3.24 Å². The van der Waals surface area contributed by atoms with Gasteiger partial charge < -0.3 is 0 Å². The van der Waals surface area contributed by atoms with Crippen molar-refractivity contribution in [1.29, 1.82) is 0 Å². The van der Waals surface area contributed by atoms with Gasteiger partial charge >= 0.3 is 0 Å². The van der Waals surface area contributed by atoms with Gasteiger partial charge in [-0.05, 0) is 43.6 Å². The normalized spacial score (nSPS) is 11.1. The van der Waals surface area contributed by atoms with Gasteiger partial charge in [-0.3, -0.25) is 4.90 Å². The minimum absolute atomic E-state index is 0.853. The Hall–Kier alpha value is -0.0500. The first-order valence-electron chi connectivity index (χ1n) is 5.83. The van der Waals surface area contributed by atoms with Crippen LogP contribution < -0.4 is 0 Å². The minimum atomic E-state index is 0.853. The fourth-order valence-corrected chi connectivity index (χ4v) is 2.53. The molecule has 0 bridgehead atoms. The quantitative estimate of drug-likeness (QED) is 0.735. The highest BCUT2D eigenvalue weighted by Crippen LogP contribution is 2.22. The molecule has 1 nitrogen and oxygen atoms in total. The van der Waals surface area contributed by atoms with Gasteiger partial charge in [0.25, 0.3) is 0 Å². The Balaban J connectivity index is 2.68. The average molecular weight is 305 g/mol. The van der Waals surface area contributed by atoms with Crippen LogP contribution >= 0.6 is 27.5 Å². The van der Waals surface area contributed by atoms with E-state index in [1.807, 2.05) is 6.07 Å². The summed E-state index contributed by atoms with van der Waals surface area (Å²) >= 11 is 9.64. The Morgan fingerprint density at radius 3 is 2.31 bits per heavy atom. The molecule has 0 fully saturated rings. The van der Waals surface area contributed by atoms with Crippen LogP contribution in [0.1, 0.15) is 32.3 Å². The van der Waals surface area contributed by atoms with E-state index in [9.17, 15) is 0 Å². The Kier molecular flexibility index (Phi) is 6.40. The lowest BCUT2D eigenvalue weighted by Gasteiger charge is -2.21. The molecule has 0 aliphatic rings. The van der Waals surface area contributed by atoms with Crippen molar-refractivity contribution in [3.05, 3.63) is 33.3 Å². The maximum Gasteiger partial charge on any atom is 0.0462 e. The second kappa shape index (κ2) is 7.31. The molecule has 0 unspecified atom stereocenters. The lowest BCUT2D eigenvalue weighted by Crippen LogP contribution is -2.25. The van der Waals surface area contributed by atoms with Crippen LogP contribution in [0, 0.1) is 0 Å². The SMILES string of the molecule is CCCN(CCC)Cc1ccc(Br)cc1Cl. The number of halogens is 2. The van der Waals surface area contributed by atoms with E-state index in [1.165, 1.54) is 18.4 Å². The molecular formula is C13H19BrClN. The van der Waals surface area contributed by atoms with Crippen LogP contribution in [0.4, 0.5) is 0 Å². The number of nitrogens with zero attached hydrogens (tertiary/aromatic N) is 1. The van der Waals surface area contributed by atoms with Crippen molar-refractivity contribution in [3.8, 4) is 0 Å². The van der Waals surface area contributed by atoms with E-state index < -0.39 is 0 Å². The molecule has 1 rings (SSSR count). The zero-order valence-electron chi connectivity index (χ0n) is 9.97. The van der Waals surface area contributed by atoms with Crippen molar-refractivity contribution in [1.82, 2.24) is 4.90 Å². The molecule has 3 heteroatoms. The summed E-state index contributed by atoms with van der Waals surface area (Å²) in [4.78, 5) is 2.45. The first-order chi connectivity index (χ1) is 7.67. The van der Waals surface area contributed by atoms with Gasteiger partial charge in [-0.15, -0.1) is 0 Å². The Morgan fingerprint density at radius 1 is 1.19 bits per heavy atom. The highest BCUT2D eigenvalue weighted by atomic mass is 79.9. The van der Waals surface area contributed by atoms with E-state index in [2.05, 4.69) is 46.8 Å². The van der Waals surface area contributed by atoms with Gasteiger partial charge in [-0.25, -0.2) is 0 Å². The molecule has 16 heavy (non-hydrogen) atoms. The molecule has 0 heterocycles. The van der Waals surface area contributed by atoms with Gasteiger partial charge in [0.1, 0.15) is 0 Å². The van der Waals surface area contributed by atoms with Crippen molar-refractivity contribution in [2.45, 2.75) is 33.2 Å². The van der Waals surface area contributed by atoms with Crippen LogP contribution in [-0.4, -0.2) is 18.0 Å². The summed E-state index contributed by atoms with van der Waals surface area (Å²) < 4.78 is 1.04. The summed E-state index contributed by atoms with van der Waals surface area (Å²) in [6.07, 6.45) is 2.38. The van der Waals surface area contributed by atoms with Crippen molar-refractivity contribution >= 4 is 27.5 Å². The molecule has 90 valence electrons. The zero-order chi connectivity index (χ0) is 12.0. The van der Waals surface area contributed by atoms with Crippen molar-refractivity contribution in [3.63, 3.8) is 0 Å². The molecule has 0 atom stereocenters. The van der Waals surface area contributed by atoms with Crippen LogP contribution in [0.5, 0.6) is 0 Å². The van der Waals surface area contributed by atoms with Gasteiger partial charge in [0.15, 0.2) is 0 Å². The molecule has 0 saturated heterocycles. The van der Waals surface area contributed by atoms with E-state index in [0.717, 1.165) is 29.1 Å². The van der Waals surface area contributed by atoms with E-state index in [0.29, 0.717) is 0 Å². The maximum atomic E-state index is 6.22. The number of rotatable bonds is 6. The van der Waals surface area contributed by atoms with E-state index in [-0.39, 0.29) is 0 Å². The number of benzene rings is 1. The molecule has 0 saturated carbocycles. The number of hydrogen-bond donors (Lipinski definition) is 0. The summed E-state index contributed by atoms with van der Waals surface area (Å²) in [5.41, 5.74) is 1.21. The molecule has 0 aliphatic carbocycles. The lowest BCUT2D eigenvalue weighted by atomic mass is 10.2. The molecule has 0 aliphatic heterocycles. The molecule has 0 aromatic heterocycles. The van der Waals surface area contributed by atoms with Crippen molar-refractivity contribution in [2.75, 3.05) is 13.1 Å². The van der Waals surface area contributed by atoms with E-state index in [4.69, 9.17) is 11.6 Å². The summed E-state index contributed by atoms with van der Waals surface area (Å²) in [6.45, 7) is 7.66. The van der Waals surface area contributed by atoms with Crippen LogP contribution in [0.2, 0.25) is 5.02 Å². The fourth-order valence-electron chi connectivity index (χ4n) is 1.79.